The van der Waals surface area contributed by atoms with E-state index in [1.807, 2.05) is 54.3 Å². The molecule has 0 radical (unpaired) electrons. The number of aryl methyl sites for hydroxylation is 1. The standard InChI is InChI=1S/C20H19N5O/c1-24-11-16(14-5-3-2-4-6-14)22-19(24)13-26-20-10-9-18-21-17(15-7-8-15)12-25(18)23-20/h2-6,9-12,15H,7-8,13H2,1H3. The Morgan fingerprint density at radius 2 is 1.88 bits per heavy atom. The van der Waals surface area contributed by atoms with Crippen LogP contribution in [0.2, 0.25) is 0 Å². The van der Waals surface area contributed by atoms with Crippen molar-refractivity contribution in [3.63, 3.8) is 0 Å². The number of aromatic nitrogens is 5. The Bertz CT molecular complexity index is 1060. The van der Waals surface area contributed by atoms with Crippen molar-refractivity contribution in [2.24, 2.45) is 7.05 Å². The number of fused-ring (bicyclic) bond motifs is 1. The lowest BCUT2D eigenvalue weighted by Gasteiger charge is -2.05. The zero-order valence-corrected chi connectivity index (χ0v) is 14.5. The molecule has 0 bridgehead atoms. The van der Waals surface area contributed by atoms with Crippen molar-refractivity contribution in [3.8, 4) is 17.1 Å². The van der Waals surface area contributed by atoms with Gasteiger partial charge < -0.3 is 9.30 Å². The fourth-order valence-electron chi connectivity index (χ4n) is 3.06. The maximum absolute atomic E-state index is 5.87. The van der Waals surface area contributed by atoms with Gasteiger partial charge in [-0.1, -0.05) is 30.3 Å². The van der Waals surface area contributed by atoms with Gasteiger partial charge in [-0.3, -0.25) is 0 Å². The van der Waals surface area contributed by atoms with Crippen LogP contribution in [0.1, 0.15) is 30.3 Å². The van der Waals surface area contributed by atoms with Gasteiger partial charge in [-0.2, -0.15) is 0 Å². The Kier molecular flexibility index (Phi) is 3.48. The lowest BCUT2D eigenvalue weighted by atomic mass is 10.2. The van der Waals surface area contributed by atoms with Crippen LogP contribution in [0.5, 0.6) is 5.88 Å². The van der Waals surface area contributed by atoms with Crippen LogP contribution in [0.3, 0.4) is 0 Å². The van der Waals surface area contributed by atoms with Gasteiger partial charge in [0.05, 0.1) is 17.6 Å². The third kappa shape index (κ3) is 2.83. The molecule has 0 N–H and O–H groups in total. The molecule has 0 aliphatic heterocycles. The van der Waals surface area contributed by atoms with Gasteiger partial charge in [-0.15, -0.1) is 5.10 Å². The Morgan fingerprint density at radius 3 is 2.69 bits per heavy atom. The van der Waals surface area contributed by atoms with Crippen molar-refractivity contribution in [2.45, 2.75) is 25.4 Å². The van der Waals surface area contributed by atoms with Gasteiger partial charge in [0.2, 0.25) is 5.88 Å². The van der Waals surface area contributed by atoms with Crippen LogP contribution < -0.4 is 4.74 Å². The van der Waals surface area contributed by atoms with Crippen molar-refractivity contribution in [3.05, 3.63) is 66.4 Å². The van der Waals surface area contributed by atoms with Gasteiger partial charge in [0.25, 0.3) is 0 Å². The van der Waals surface area contributed by atoms with E-state index >= 15 is 0 Å². The van der Waals surface area contributed by atoms with Crippen LogP contribution in [0.4, 0.5) is 0 Å². The Balaban J connectivity index is 1.34. The van der Waals surface area contributed by atoms with Crippen molar-refractivity contribution in [2.75, 3.05) is 0 Å². The zero-order valence-electron chi connectivity index (χ0n) is 14.5. The second-order valence-corrected chi connectivity index (χ2v) is 6.72. The summed E-state index contributed by atoms with van der Waals surface area (Å²) in [6.45, 7) is 0.367. The van der Waals surface area contributed by atoms with Crippen molar-refractivity contribution in [1.82, 2.24) is 24.1 Å². The van der Waals surface area contributed by atoms with E-state index in [9.17, 15) is 0 Å². The lowest BCUT2D eigenvalue weighted by molar-refractivity contribution is 0.276. The summed E-state index contributed by atoms with van der Waals surface area (Å²) in [6, 6.07) is 13.9. The first kappa shape index (κ1) is 15.1. The van der Waals surface area contributed by atoms with Crippen molar-refractivity contribution in [1.29, 1.82) is 0 Å². The fourth-order valence-corrected chi connectivity index (χ4v) is 3.06. The molecule has 1 saturated carbocycles. The third-order valence-corrected chi connectivity index (χ3v) is 4.70. The smallest absolute Gasteiger partial charge is 0.232 e. The molecular formula is C20H19N5O. The van der Waals surface area contributed by atoms with E-state index < -0.39 is 0 Å². The lowest BCUT2D eigenvalue weighted by Crippen LogP contribution is -2.05. The summed E-state index contributed by atoms with van der Waals surface area (Å²) in [7, 11) is 1.98. The highest BCUT2D eigenvalue weighted by Gasteiger charge is 2.26. The van der Waals surface area contributed by atoms with Gasteiger partial charge in [-0.25, -0.2) is 14.5 Å². The molecule has 3 heterocycles. The normalized spacial score (nSPS) is 14.0. The number of benzene rings is 1. The minimum Gasteiger partial charge on any atom is -0.468 e. The molecule has 4 aromatic rings. The molecule has 0 atom stereocenters. The molecule has 26 heavy (non-hydrogen) atoms. The quantitative estimate of drug-likeness (QED) is 0.555. The minimum atomic E-state index is 0.367. The van der Waals surface area contributed by atoms with E-state index in [0.29, 0.717) is 18.4 Å². The molecule has 6 heteroatoms. The first-order chi connectivity index (χ1) is 12.8. The Labute approximate surface area is 151 Å². The average Bonchev–Trinajstić information content (AvgIpc) is 3.33. The molecule has 1 aliphatic rings. The van der Waals surface area contributed by atoms with Crippen LogP contribution in [0.25, 0.3) is 16.9 Å². The summed E-state index contributed by atoms with van der Waals surface area (Å²) in [4.78, 5) is 9.30. The van der Waals surface area contributed by atoms with Crippen LogP contribution >= 0.6 is 0 Å². The SMILES string of the molecule is Cn1cc(-c2ccccc2)nc1COc1ccc2nc(C3CC3)cn2n1. The maximum atomic E-state index is 5.87. The number of nitrogens with zero attached hydrogens (tertiary/aromatic N) is 5. The summed E-state index contributed by atoms with van der Waals surface area (Å²) in [5.41, 5.74) is 4.03. The number of hydrogen-bond acceptors (Lipinski definition) is 4. The molecule has 130 valence electrons. The molecule has 1 fully saturated rings. The van der Waals surface area contributed by atoms with Gasteiger partial charge in [-0.05, 0) is 18.9 Å². The highest BCUT2D eigenvalue weighted by molar-refractivity contribution is 5.58. The summed E-state index contributed by atoms with van der Waals surface area (Å²) in [5.74, 6) is 2.04. The summed E-state index contributed by atoms with van der Waals surface area (Å²) in [5, 5.41) is 4.51. The van der Waals surface area contributed by atoms with Gasteiger partial charge in [0.15, 0.2) is 5.65 Å². The van der Waals surface area contributed by atoms with Crippen LogP contribution in [0.15, 0.2) is 54.9 Å². The molecule has 0 amide bonds. The first-order valence-electron chi connectivity index (χ1n) is 8.83. The third-order valence-electron chi connectivity index (χ3n) is 4.70. The molecule has 0 spiro atoms. The topological polar surface area (TPSA) is 57.2 Å². The largest absolute Gasteiger partial charge is 0.468 e. The summed E-state index contributed by atoms with van der Waals surface area (Å²) >= 11 is 0. The number of hydrogen-bond donors (Lipinski definition) is 0. The van der Waals surface area contributed by atoms with Crippen molar-refractivity contribution < 1.29 is 4.74 Å². The second-order valence-electron chi connectivity index (χ2n) is 6.72. The first-order valence-corrected chi connectivity index (χ1v) is 8.83. The molecule has 1 aromatic carbocycles. The molecule has 3 aromatic heterocycles. The number of imidazole rings is 2. The van der Waals surface area contributed by atoms with E-state index in [4.69, 9.17) is 4.74 Å². The van der Waals surface area contributed by atoms with Crippen molar-refractivity contribution >= 4 is 5.65 Å². The number of ether oxygens (including phenoxy) is 1. The maximum Gasteiger partial charge on any atom is 0.232 e. The predicted octanol–water partition coefficient (Wildman–Crippen LogP) is 3.59. The van der Waals surface area contributed by atoms with Crippen LogP contribution in [-0.2, 0) is 13.7 Å². The van der Waals surface area contributed by atoms with Gasteiger partial charge >= 0.3 is 0 Å². The molecular weight excluding hydrogens is 326 g/mol. The molecule has 0 saturated heterocycles. The molecule has 0 unspecified atom stereocenters. The van der Waals surface area contributed by atoms with E-state index in [1.165, 1.54) is 12.8 Å². The zero-order chi connectivity index (χ0) is 17.5. The minimum absolute atomic E-state index is 0.367. The molecule has 1 aliphatic carbocycles. The van der Waals surface area contributed by atoms with E-state index in [1.54, 1.807) is 4.52 Å². The van der Waals surface area contributed by atoms with E-state index in [-0.39, 0.29) is 0 Å². The predicted molar refractivity (Wildman–Crippen MR) is 97.9 cm³/mol. The summed E-state index contributed by atoms with van der Waals surface area (Å²) in [6.07, 6.45) is 6.49. The average molecular weight is 345 g/mol. The van der Waals surface area contributed by atoms with Gasteiger partial charge in [0, 0.05) is 30.8 Å². The van der Waals surface area contributed by atoms with E-state index in [2.05, 4.69) is 27.2 Å². The summed E-state index contributed by atoms with van der Waals surface area (Å²) < 4.78 is 9.66. The highest BCUT2D eigenvalue weighted by Crippen LogP contribution is 2.39. The van der Waals surface area contributed by atoms with E-state index in [0.717, 1.165) is 28.4 Å². The van der Waals surface area contributed by atoms with Crippen LogP contribution in [0, 0.1) is 0 Å². The molecule has 6 nitrogen and oxygen atoms in total. The Hall–Kier alpha value is -3.15. The number of rotatable bonds is 5. The van der Waals surface area contributed by atoms with Crippen LogP contribution in [-0.4, -0.2) is 24.1 Å². The molecule has 5 rings (SSSR count). The second kappa shape index (κ2) is 5.98. The highest BCUT2D eigenvalue weighted by atomic mass is 16.5. The fraction of sp³-hybridized carbons (Fsp3) is 0.250. The monoisotopic (exact) mass is 345 g/mol. The Morgan fingerprint density at radius 1 is 1.04 bits per heavy atom. The van der Waals surface area contributed by atoms with Gasteiger partial charge in [0.1, 0.15) is 12.4 Å².